The quantitative estimate of drug-likeness (QED) is 0.620. The van der Waals surface area contributed by atoms with Crippen molar-refractivity contribution >= 4 is 17.6 Å². The van der Waals surface area contributed by atoms with Crippen LogP contribution in [0.3, 0.4) is 0 Å². The molecule has 0 saturated carbocycles. The molecule has 4 heterocycles. The largest absolute Gasteiger partial charge is 0.361 e. The number of rotatable bonds is 5. The number of carbonyl (C=O) groups excluding carboxylic acids is 2. The molecule has 1 saturated heterocycles. The van der Waals surface area contributed by atoms with Crippen LogP contribution in [-0.2, 0) is 24.9 Å². The van der Waals surface area contributed by atoms with Gasteiger partial charge in [-0.05, 0) is 20.8 Å². The van der Waals surface area contributed by atoms with Crippen LogP contribution in [0.4, 0.5) is 10.5 Å². The Bertz CT molecular complexity index is 1040. The molecular formula is C18H21N7O3. The molecule has 10 nitrogen and oxygen atoms in total. The lowest BCUT2D eigenvalue weighted by molar-refractivity contribution is -0.116. The number of nitrogens with zero attached hydrogens (tertiary/aromatic N) is 7. The third-order valence-electron chi connectivity index (χ3n) is 4.89. The summed E-state index contributed by atoms with van der Waals surface area (Å²) >= 11 is 0. The molecule has 1 aliphatic rings. The van der Waals surface area contributed by atoms with E-state index in [0.29, 0.717) is 18.8 Å². The van der Waals surface area contributed by atoms with E-state index in [4.69, 9.17) is 4.52 Å². The van der Waals surface area contributed by atoms with Gasteiger partial charge in [0, 0.05) is 30.6 Å². The highest BCUT2D eigenvalue weighted by molar-refractivity contribution is 6.19. The number of carbonyl (C=O) groups is 2. The van der Waals surface area contributed by atoms with Crippen LogP contribution in [0, 0.1) is 20.8 Å². The Morgan fingerprint density at radius 3 is 2.54 bits per heavy atom. The van der Waals surface area contributed by atoms with Crippen LogP contribution in [0.5, 0.6) is 0 Å². The molecule has 0 bridgehead atoms. The molecule has 0 unspecified atom stereocenters. The van der Waals surface area contributed by atoms with Crippen molar-refractivity contribution in [1.82, 2.24) is 29.6 Å². The van der Waals surface area contributed by atoms with Gasteiger partial charge in [-0.15, -0.1) is 0 Å². The first-order chi connectivity index (χ1) is 13.3. The fraction of sp³-hybridized carbons (Fsp3) is 0.389. The third-order valence-corrected chi connectivity index (χ3v) is 4.89. The van der Waals surface area contributed by atoms with Gasteiger partial charge in [0.15, 0.2) is 0 Å². The van der Waals surface area contributed by atoms with E-state index in [0.717, 1.165) is 28.3 Å². The van der Waals surface area contributed by atoms with Crippen LogP contribution in [0.1, 0.15) is 28.3 Å². The number of aryl methyl sites for hydroxylation is 4. The van der Waals surface area contributed by atoms with Gasteiger partial charge in [0.1, 0.15) is 12.3 Å². The lowest BCUT2D eigenvalue weighted by atomic mass is 10.2. The van der Waals surface area contributed by atoms with E-state index in [1.807, 2.05) is 34.0 Å². The molecule has 0 N–H and O–H groups in total. The second-order valence-electron chi connectivity index (χ2n) is 6.98. The van der Waals surface area contributed by atoms with Crippen LogP contribution >= 0.6 is 0 Å². The zero-order valence-corrected chi connectivity index (χ0v) is 16.2. The summed E-state index contributed by atoms with van der Waals surface area (Å²) in [6, 6.07) is -0.356. The van der Waals surface area contributed by atoms with E-state index >= 15 is 0 Å². The number of anilines is 1. The summed E-state index contributed by atoms with van der Waals surface area (Å²) in [5.41, 5.74) is 3.93. The number of hydrogen-bond donors (Lipinski definition) is 0. The van der Waals surface area contributed by atoms with Crippen molar-refractivity contribution in [2.75, 3.05) is 11.4 Å². The third kappa shape index (κ3) is 3.06. The van der Waals surface area contributed by atoms with E-state index in [1.54, 1.807) is 15.6 Å². The Morgan fingerprint density at radius 2 is 1.89 bits per heavy atom. The van der Waals surface area contributed by atoms with Crippen molar-refractivity contribution in [2.45, 2.75) is 33.9 Å². The molecule has 10 heteroatoms. The van der Waals surface area contributed by atoms with Crippen LogP contribution in [0.25, 0.3) is 0 Å². The smallest absolute Gasteiger partial charge is 0.332 e. The average Bonchev–Trinajstić information content (AvgIpc) is 3.35. The van der Waals surface area contributed by atoms with Crippen molar-refractivity contribution in [3.63, 3.8) is 0 Å². The molecule has 146 valence electrons. The second kappa shape index (κ2) is 6.63. The predicted octanol–water partition coefficient (Wildman–Crippen LogP) is 1.55. The first-order valence-electron chi connectivity index (χ1n) is 8.88. The molecule has 0 aromatic carbocycles. The van der Waals surface area contributed by atoms with E-state index in [9.17, 15) is 9.59 Å². The van der Waals surface area contributed by atoms with Crippen LogP contribution < -0.4 is 4.90 Å². The Kier molecular flexibility index (Phi) is 4.25. The Morgan fingerprint density at radius 1 is 1.11 bits per heavy atom. The number of urea groups is 1. The molecule has 3 aromatic heterocycles. The standard InChI is InChI=1S/C18H21N7O3/c1-11-14(6-22(4)20-11)7-23-10-17(26)25(18(23)27)15-5-19-24(8-15)9-16-12(2)21-28-13(16)3/h5-6,8H,7,9-10H2,1-4H3. The van der Waals surface area contributed by atoms with E-state index in [2.05, 4.69) is 15.4 Å². The number of imide groups is 1. The Balaban J connectivity index is 1.51. The Labute approximate surface area is 161 Å². The molecule has 0 radical (unpaired) electrons. The van der Waals surface area contributed by atoms with Crippen LogP contribution in [0.15, 0.2) is 23.1 Å². The zero-order valence-electron chi connectivity index (χ0n) is 16.2. The maximum absolute atomic E-state index is 12.8. The minimum absolute atomic E-state index is 0.0300. The lowest BCUT2D eigenvalue weighted by Gasteiger charge is -2.15. The topological polar surface area (TPSA) is 102 Å². The van der Waals surface area contributed by atoms with Gasteiger partial charge in [0.05, 0.1) is 36.4 Å². The van der Waals surface area contributed by atoms with Gasteiger partial charge >= 0.3 is 6.03 Å². The summed E-state index contributed by atoms with van der Waals surface area (Å²) in [6.45, 7) is 6.41. The van der Waals surface area contributed by atoms with E-state index in [-0.39, 0.29) is 18.5 Å². The number of amides is 3. The molecule has 1 aliphatic heterocycles. The first-order valence-corrected chi connectivity index (χ1v) is 8.88. The molecule has 28 heavy (non-hydrogen) atoms. The predicted molar refractivity (Wildman–Crippen MR) is 98.5 cm³/mol. The van der Waals surface area contributed by atoms with Crippen molar-refractivity contribution in [2.24, 2.45) is 7.05 Å². The second-order valence-corrected chi connectivity index (χ2v) is 6.98. The normalized spacial score (nSPS) is 14.6. The van der Waals surface area contributed by atoms with Crippen molar-refractivity contribution in [3.8, 4) is 0 Å². The first kappa shape index (κ1) is 18.0. The maximum atomic E-state index is 12.8. The molecule has 1 fully saturated rings. The highest BCUT2D eigenvalue weighted by Gasteiger charge is 2.38. The fourth-order valence-electron chi connectivity index (χ4n) is 3.38. The van der Waals surface area contributed by atoms with E-state index in [1.165, 1.54) is 16.0 Å². The van der Waals surface area contributed by atoms with Gasteiger partial charge in [-0.25, -0.2) is 9.69 Å². The highest BCUT2D eigenvalue weighted by Crippen LogP contribution is 2.23. The summed E-state index contributed by atoms with van der Waals surface area (Å²) in [6.07, 6.45) is 5.06. The van der Waals surface area contributed by atoms with Crippen LogP contribution in [-0.4, -0.2) is 48.1 Å². The summed E-state index contributed by atoms with van der Waals surface area (Å²) in [5.74, 6) is 0.448. The SMILES string of the molecule is Cc1nn(C)cc1CN1CC(=O)N(c2cnn(Cc3c(C)noc3C)c2)C1=O. The van der Waals surface area contributed by atoms with Crippen molar-refractivity contribution in [1.29, 1.82) is 0 Å². The molecule has 0 aliphatic carbocycles. The van der Waals surface area contributed by atoms with Gasteiger partial charge in [0.2, 0.25) is 0 Å². The van der Waals surface area contributed by atoms with Gasteiger partial charge in [0.25, 0.3) is 5.91 Å². The highest BCUT2D eigenvalue weighted by atomic mass is 16.5. The lowest BCUT2D eigenvalue weighted by Crippen LogP contribution is -2.32. The van der Waals surface area contributed by atoms with Crippen LogP contribution in [0.2, 0.25) is 0 Å². The zero-order chi connectivity index (χ0) is 20.0. The summed E-state index contributed by atoms with van der Waals surface area (Å²) < 4.78 is 8.53. The molecule has 4 rings (SSSR count). The maximum Gasteiger partial charge on any atom is 0.332 e. The summed E-state index contributed by atoms with van der Waals surface area (Å²) in [4.78, 5) is 28.0. The summed E-state index contributed by atoms with van der Waals surface area (Å²) in [5, 5.41) is 12.5. The molecule has 3 amide bonds. The van der Waals surface area contributed by atoms with Crippen molar-refractivity contribution < 1.29 is 14.1 Å². The molecule has 0 spiro atoms. The van der Waals surface area contributed by atoms with Gasteiger partial charge in [-0.2, -0.15) is 10.2 Å². The molecular weight excluding hydrogens is 362 g/mol. The number of hydrogen-bond acceptors (Lipinski definition) is 6. The molecule has 0 atom stereocenters. The van der Waals surface area contributed by atoms with Gasteiger partial charge in [-0.1, -0.05) is 5.16 Å². The minimum Gasteiger partial charge on any atom is -0.361 e. The fourth-order valence-corrected chi connectivity index (χ4v) is 3.38. The van der Waals surface area contributed by atoms with Crippen molar-refractivity contribution in [3.05, 3.63) is 46.9 Å². The summed E-state index contributed by atoms with van der Waals surface area (Å²) in [7, 11) is 1.83. The van der Waals surface area contributed by atoms with Gasteiger partial charge < -0.3 is 9.42 Å². The Hall–Kier alpha value is -3.43. The molecule has 3 aromatic rings. The van der Waals surface area contributed by atoms with Gasteiger partial charge in [-0.3, -0.25) is 14.2 Å². The monoisotopic (exact) mass is 383 g/mol. The minimum atomic E-state index is -0.356. The van der Waals surface area contributed by atoms with E-state index < -0.39 is 0 Å². The number of aromatic nitrogens is 5. The average molecular weight is 383 g/mol.